The van der Waals surface area contributed by atoms with E-state index in [1.807, 2.05) is 0 Å². The molecule has 0 unspecified atom stereocenters. The lowest BCUT2D eigenvalue weighted by atomic mass is 10.0. The van der Waals surface area contributed by atoms with Crippen LogP contribution in [0, 0.1) is 0 Å². The first-order valence-corrected chi connectivity index (χ1v) is 5.89. The Labute approximate surface area is 86.6 Å². The fraction of sp³-hybridized carbons (Fsp3) is 1.00. The minimum atomic E-state index is 0.280. The molecule has 2 spiro atoms. The number of ether oxygens (including phenoxy) is 1. The number of rotatable bonds is 0. The Morgan fingerprint density at radius 3 is 1.64 bits per heavy atom. The first-order chi connectivity index (χ1) is 6.43. The molecule has 1 heterocycles. The minimum absolute atomic E-state index is 0.280. The Bertz CT molecular complexity index is 238. The Kier molecular flexibility index (Phi) is 1.54. The summed E-state index contributed by atoms with van der Waals surface area (Å²) in [5.41, 5.74) is 0.874. The molecule has 3 aliphatic rings. The maximum absolute atomic E-state index is 6.27. The van der Waals surface area contributed by atoms with Gasteiger partial charge in [0.15, 0.2) is 0 Å². The lowest BCUT2D eigenvalue weighted by Gasteiger charge is -2.46. The Balaban J connectivity index is 1.80. The van der Waals surface area contributed by atoms with Crippen LogP contribution in [0.5, 0.6) is 0 Å². The molecule has 14 heavy (non-hydrogen) atoms. The fourth-order valence-electron chi connectivity index (χ4n) is 2.55. The lowest BCUT2D eigenvalue weighted by molar-refractivity contribution is -0.137. The summed E-state index contributed by atoms with van der Waals surface area (Å²) >= 11 is 0. The number of hydrogen-bond donors (Lipinski definition) is 0. The first kappa shape index (κ1) is 9.17. The number of nitrogens with zero attached hydrogens (tertiary/aromatic N) is 1. The van der Waals surface area contributed by atoms with Crippen LogP contribution in [-0.4, -0.2) is 34.7 Å². The van der Waals surface area contributed by atoms with E-state index in [1.54, 1.807) is 0 Å². The molecule has 0 atom stereocenters. The van der Waals surface area contributed by atoms with Gasteiger partial charge in [-0.25, -0.2) is 0 Å². The standard InChI is InChI=1S/C12H21NO/c1-10(2,3)13-8-11(4-5-11)14-12(9-13)6-7-12/h4-9H2,1-3H3. The van der Waals surface area contributed by atoms with E-state index < -0.39 is 0 Å². The van der Waals surface area contributed by atoms with E-state index in [4.69, 9.17) is 4.74 Å². The molecule has 0 bridgehead atoms. The van der Waals surface area contributed by atoms with Gasteiger partial charge >= 0.3 is 0 Å². The molecule has 0 aromatic rings. The van der Waals surface area contributed by atoms with E-state index in [9.17, 15) is 0 Å². The smallest absolute Gasteiger partial charge is 0.0819 e. The highest BCUT2D eigenvalue weighted by atomic mass is 16.5. The van der Waals surface area contributed by atoms with Crippen molar-refractivity contribution in [3.05, 3.63) is 0 Å². The van der Waals surface area contributed by atoms with Gasteiger partial charge in [-0.15, -0.1) is 0 Å². The topological polar surface area (TPSA) is 12.5 Å². The third-order valence-corrected chi connectivity index (χ3v) is 3.96. The molecule has 0 amide bonds. The van der Waals surface area contributed by atoms with Gasteiger partial charge in [0, 0.05) is 18.6 Å². The van der Waals surface area contributed by atoms with Gasteiger partial charge in [-0.3, -0.25) is 4.90 Å². The van der Waals surface area contributed by atoms with Gasteiger partial charge < -0.3 is 4.74 Å². The van der Waals surface area contributed by atoms with E-state index >= 15 is 0 Å². The van der Waals surface area contributed by atoms with Gasteiger partial charge in [0.2, 0.25) is 0 Å². The molecule has 3 rings (SSSR count). The van der Waals surface area contributed by atoms with Crippen LogP contribution in [0.25, 0.3) is 0 Å². The summed E-state index contributed by atoms with van der Waals surface area (Å²) in [7, 11) is 0. The summed E-state index contributed by atoms with van der Waals surface area (Å²) in [5.74, 6) is 0. The molecule has 1 aliphatic heterocycles. The van der Waals surface area contributed by atoms with Crippen LogP contribution >= 0.6 is 0 Å². The summed E-state index contributed by atoms with van der Waals surface area (Å²) in [6, 6.07) is 0. The van der Waals surface area contributed by atoms with Crippen molar-refractivity contribution in [2.75, 3.05) is 13.1 Å². The van der Waals surface area contributed by atoms with Gasteiger partial charge in [-0.1, -0.05) is 0 Å². The third-order valence-electron chi connectivity index (χ3n) is 3.96. The predicted octanol–water partition coefficient (Wildman–Crippen LogP) is 2.18. The van der Waals surface area contributed by atoms with Crippen LogP contribution in [0.3, 0.4) is 0 Å². The third kappa shape index (κ3) is 1.40. The van der Waals surface area contributed by atoms with Crippen molar-refractivity contribution in [2.45, 2.75) is 63.2 Å². The molecular formula is C12H21NO. The Morgan fingerprint density at radius 2 is 1.36 bits per heavy atom. The SMILES string of the molecule is CC(C)(C)N1CC2(CC2)OC2(CC2)C1. The van der Waals surface area contributed by atoms with Gasteiger partial charge in [0.25, 0.3) is 0 Å². The maximum atomic E-state index is 6.27. The zero-order valence-corrected chi connectivity index (χ0v) is 9.60. The van der Waals surface area contributed by atoms with Gasteiger partial charge in [-0.2, -0.15) is 0 Å². The van der Waals surface area contributed by atoms with Gasteiger partial charge in [0.05, 0.1) is 11.2 Å². The second kappa shape index (κ2) is 2.35. The van der Waals surface area contributed by atoms with Crippen LogP contribution in [0.2, 0.25) is 0 Å². The van der Waals surface area contributed by atoms with Crippen LogP contribution < -0.4 is 0 Å². The average molecular weight is 195 g/mol. The van der Waals surface area contributed by atoms with E-state index in [-0.39, 0.29) is 11.2 Å². The zero-order valence-electron chi connectivity index (χ0n) is 9.60. The second-order valence-electron chi connectivity index (χ2n) is 6.49. The summed E-state index contributed by atoms with van der Waals surface area (Å²) in [6.45, 7) is 9.30. The number of morpholine rings is 1. The zero-order chi connectivity index (χ0) is 10.0. The summed E-state index contributed by atoms with van der Waals surface area (Å²) in [4.78, 5) is 2.64. The summed E-state index contributed by atoms with van der Waals surface area (Å²) < 4.78 is 6.27. The molecule has 3 fully saturated rings. The first-order valence-electron chi connectivity index (χ1n) is 5.89. The predicted molar refractivity (Wildman–Crippen MR) is 56.3 cm³/mol. The fourth-order valence-corrected chi connectivity index (χ4v) is 2.55. The van der Waals surface area contributed by atoms with Crippen molar-refractivity contribution >= 4 is 0 Å². The Morgan fingerprint density at radius 1 is 0.929 bits per heavy atom. The molecule has 0 aromatic heterocycles. The minimum Gasteiger partial charge on any atom is -0.366 e. The lowest BCUT2D eigenvalue weighted by Crippen LogP contribution is -2.56. The largest absolute Gasteiger partial charge is 0.366 e. The van der Waals surface area contributed by atoms with Gasteiger partial charge in [0.1, 0.15) is 0 Å². The van der Waals surface area contributed by atoms with Crippen LogP contribution in [0.1, 0.15) is 46.5 Å². The van der Waals surface area contributed by atoms with Crippen molar-refractivity contribution in [3.8, 4) is 0 Å². The molecule has 0 N–H and O–H groups in total. The van der Waals surface area contributed by atoms with E-state index in [0.29, 0.717) is 5.54 Å². The molecule has 2 aliphatic carbocycles. The monoisotopic (exact) mass is 195 g/mol. The van der Waals surface area contributed by atoms with E-state index in [0.717, 1.165) is 13.1 Å². The molecule has 0 aromatic carbocycles. The van der Waals surface area contributed by atoms with Crippen molar-refractivity contribution in [2.24, 2.45) is 0 Å². The molecular weight excluding hydrogens is 174 g/mol. The quantitative estimate of drug-likeness (QED) is 0.587. The average Bonchev–Trinajstić information content (AvgIpc) is 2.93. The van der Waals surface area contributed by atoms with E-state index in [2.05, 4.69) is 25.7 Å². The summed E-state index contributed by atoms with van der Waals surface area (Å²) in [6.07, 6.45) is 5.17. The molecule has 2 heteroatoms. The van der Waals surface area contributed by atoms with Crippen LogP contribution in [-0.2, 0) is 4.74 Å². The van der Waals surface area contributed by atoms with Crippen LogP contribution in [0.15, 0.2) is 0 Å². The molecule has 80 valence electrons. The molecule has 2 nitrogen and oxygen atoms in total. The van der Waals surface area contributed by atoms with Crippen molar-refractivity contribution in [3.63, 3.8) is 0 Å². The van der Waals surface area contributed by atoms with Crippen molar-refractivity contribution in [1.29, 1.82) is 0 Å². The van der Waals surface area contributed by atoms with E-state index in [1.165, 1.54) is 25.7 Å². The highest BCUT2D eigenvalue weighted by Crippen LogP contribution is 2.55. The maximum Gasteiger partial charge on any atom is 0.0819 e. The van der Waals surface area contributed by atoms with Crippen molar-refractivity contribution < 1.29 is 4.74 Å². The normalized spacial score (nSPS) is 33.6. The second-order valence-corrected chi connectivity index (χ2v) is 6.49. The molecule has 1 saturated heterocycles. The molecule has 0 radical (unpaired) electrons. The van der Waals surface area contributed by atoms with Gasteiger partial charge in [-0.05, 0) is 46.5 Å². The summed E-state index contributed by atoms with van der Waals surface area (Å²) in [5, 5.41) is 0. The Hall–Kier alpha value is -0.0800. The van der Waals surface area contributed by atoms with Crippen LogP contribution in [0.4, 0.5) is 0 Å². The highest BCUT2D eigenvalue weighted by molar-refractivity contribution is 5.12. The van der Waals surface area contributed by atoms with Crippen molar-refractivity contribution in [1.82, 2.24) is 4.90 Å². The number of hydrogen-bond acceptors (Lipinski definition) is 2. The highest BCUT2D eigenvalue weighted by Gasteiger charge is 2.60. The molecule has 2 saturated carbocycles.